The molecule has 0 spiro atoms. The number of rotatable bonds is 7. The van der Waals surface area contributed by atoms with Crippen LogP contribution in [0.15, 0.2) is 12.4 Å². The molecule has 0 fully saturated rings. The fourth-order valence-corrected chi connectivity index (χ4v) is 1.77. The molecule has 86 valence electrons. The summed E-state index contributed by atoms with van der Waals surface area (Å²) in [5, 5.41) is 13.2. The first-order chi connectivity index (χ1) is 7.30. The van der Waals surface area contributed by atoms with Gasteiger partial charge in [-0.2, -0.15) is 5.10 Å². The molecule has 1 atom stereocenters. The topological polar surface area (TPSA) is 38.0 Å². The van der Waals surface area contributed by atoms with Gasteiger partial charge in [-0.3, -0.25) is 4.68 Å². The summed E-state index contributed by atoms with van der Waals surface area (Å²) in [6, 6.07) is 0. The lowest BCUT2D eigenvalue weighted by Crippen LogP contribution is -2.10. The summed E-state index contributed by atoms with van der Waals surface area (Å²) in [6.45, 7) is 5.53. The molecule has 1 aromatic heterocycles. The monoisotopic (exact) mass is 210 g/mol. The van der Waals surface area contributed by atoms with Gasteiger partial charge in [0.1, 0.15) is 0 Å². The maximum atomic E-state index is 8.93. The molecule has 0 saturated carbocycles. The van der Waals surface area contributed by atoms with E-state index in [-0.39, 0.29) is 6.61 Å². The van der Waals surface area contributed by atoms with E-state index < -0.39 is 0 Å². The molecule has 0 bridgehead atoms. The highest BCUT2D eigenvalue weighted by molar-refractivity contribution is 5.01. The van der Waals surface area contributed by atoms with Crippen LogP contribution < -0.4 is 0 Å². The van der Waals surface area contributed by atoms with Crippen molar-refractivity contribution >= 4 is 0 Å². The molecule has 0 aliphatic heterocycles. The smallest absolute Gasteiger partial charge is 0.0712 e. The minimum Gasteiger partial charge on any atom is -0.392 e. The van der Waals surface area contributed by atoms with Crippen LogP contribution in [0.4, 0.5) is 0 Å². The average molecular weight is 210 g/mol. The van der Waals surface area contributed by atoms with Gasteiger partial charge < -0.3 is 5.11 Å². The summed E-state index contributed by atoms with van der Waals surface area (Å²) in [6.07, 6.45) is 8.72. The first-order valence-electron chi connectivity index (χ1n) is 5.92. The van der Waals surface area contributed by atoms with Crippen LogP contribution >= 0.6 is 0 Å². The van der Waals surface area contributed by atoms with E-state index in [0.717, 1.165) is 18.0 Å². The molecule has 1 rings (SSSR count). The number of unbranched alkanes of at least 4 members (excludes halogenated alkanes) is 1. The Hall–Kier alpha value is -0.830. The van der Waals surface area contributed by atoms with Gasteiger partial charge in [0.05, 0.1) is 12.8 Å². The van der Waals surface area contributed by atoms with Crippen molar-refractivity contribution in [2.45, 2.75) is 52.7 Å². The summed E-state index contributed by atoms with van der Waals surface area (Å²) in [7, 11) is 0. The van der Waals surface area contributed by atoms with E-state index in [1.165, 1.54) is 25.7 Å². The molecule has 0 aliphatic carbocycles. The number of aromatic nitrogens is 2. The van der Waals surface area contributed by atoms with Crippen LogP contribution in [0.1, 0.15) is 45.1 Å². The van der Waals surface area contributed by atoms with Gasteiger partial charge in [-0.15, -0.1) is 0 Å². The van der Waals surface area contributed by atoms with Crippen molar-refractivity contribution in [2.24, 2.45) is 5.92 Å². The van der Waals surface area contributed by atoms with E-state index in [4.69, 9.17) is 5.11 Å². The maximum Gasteiger partial charge on any atom is 0.0712 e. The molecule has 0 amide bonds. The molecule has 0 radical (unpaired) electrons. The van der Waals surface area contributed by atoms with Crippen molar-refractivity contribution in [3.63, 3.8) is 0 Å². The van der Waals surface area contributed by atoms with E-state index in [2.05, 4.69) is 18.9 Å². The van der Waals surface area contributed by atoms with Gasteiger partial charge in [-0.1, -0.05) is 33.1 Å². The zero-order valence-electron chi connectivity index (χ0n) is 9.82. The van der Waals surface area contributed by atoms with E-state index in [0.29, 0.717) is 0 Å². The van der Waals surface area contributed by atoms with E-state index in [9.17, 15) is 0 Å². The van der Waals surface area contributed by atoms with E-state index >= 15 is 0 Å². The third kappa shape index (κ3) is 4.04. The standard InChI is InChI=1S/C12H22N2O/c1-3-5-6-11(4-2)8-14-9-12(10-15)7-13-14/h7,9,11,15H,3-6,8,10H2,1-2H3. The third-order valence-corrected chi connectivity index (χ3v) is 2.86. The minimum atomic E-state index is 0.0890. The Morgan fingerprint density at radius 3 is 2.80 bits per heavy atom. The summed E-state index contributed by atoms with van der Waals surface area (Å²) in [5.74, 6) is 0.719. The predicted octanol–water partition coefficient (Wildman–Crippen LogP) is 2.59. The van der Waals surface area contributed by atoms with Gasteiger partial charge in [-0.25, -0.2) is 0 Å². The molecule has 1 unspecified atom stereocenters. The fourth-order valence-electron chi connectivity index (χ4n) is 1.77. The summed E-state index contributed by atoms with van der Waals surface area (Å²) in [4.78, 5) is 0. The molecule has 0 saturated heterocycles. The SMILES string of the molecule is CCCCC(CC)Cn1cc(CO)cn1. The highest BCUT2D eigenvalue weighted by Crippen LogP contribution is 2.14. The average Bonchev–Trinajstić information content (AvgIpc) is 2.71. The normalized spacial score (nSPS) is 13.0. The second-order valence-electron chi connectivity index (χ2n) is 4.15. The summed E-state index contributed by atoms with van der Waals surface area (Å²) >= 11 is 0. The third-order valence-electron chi connectivity index (χ3n) is 2.86. The van der Waals surface area contributed by atoms with Gasteiger partial charge in [0.25, 0.3) is 0 Å². The van der Waals surface area contributed by atoms with Crippen molar-refractivity contribution in [2.75, 3.05) is 0 Å². The zero-order chi connectivity index (χ0) is 11.1. The Kier molecular flexibility index (Phi) is 5.40. The zero-order valence-corrected chi connectivity index (χ0v) is 9.82. The lowest BCUT2D eigenvalue weighted by Gasteiger charge is -2.13. The quantitative estimate of drug-likeness (QED) is 0.751. The van der Waals surface area contributed by atoms with E-state index in [1.807, 2.05) is 10.9 Å². The van der Waals surface area contributed by atoms with Crippen molar-refractivity contribution in [1.82, 2.24) is 9.78 Å². The van der Waals surface area contributed by atoms with Crippen LogP contribution in [0.25, 0.3) is 0 Å². The molecule has 1 aromatic rings. The number of aliphatic hydroxyl groups excluding tert-OH is 1. The molecular formula is C12H22N2O. The molecule has 3 nitrogen and oxygen atoms in total. The predicted molar refractivity (Wildman–Crippen MR) is 61.5 cm³/mol. The van der Waals surface area contributed by atoms with Crippen LogP contribution in [0.5, 0.6) is 0 Å². The number of nitrogens with zero attached hydrogens (tertiary/aromatic N) is 2. The van der Waals surface area contributed by atoms with Crippen LogP contribution in [-0.4, -0.2) is 14.9 Å². The molecule has 15 heavy (non-hydrogen) atoms. The van der Waals surface area contributed by atoms with Gasteiger partial charge in [0, 0.05) is 18.3 Å². The second kappa shape index (κ2) is 6.62. The fraction of sp³-hybridized carbons (Fsp3) is 0.750. The first kappa shape index (κ1) is 12.2. The Morgan fingerprint density at radius 2 is 2.27 bits per heavy atom. The van der Waals surface area contributed by atoms with Crippen molar-refractivity contribution in [3.8, 4) is 0 Å². The highest BCUT2D eigenvalue weighted by atomic mass is 16.3. The van der Waals surface area contributed by atoms with Gasteiger partial charge >= 0.3 is 0 Å². The van der Waals surface area contributed by atoms with Gasteiger partial charge in [0.2, 0.25) is 0 Å². The minimum absolute atomic E-state index is 0.0890. The Morgan fingerprint density at radius 1 is 1.47 bits per heavy atom. The highest BCUT2D eigenvalue weighted by Gasteiger charge is 2.07. The van der Waals surface area contributed by atoms with Crippen molar-refractivity contribution in [1.29, 1.82) is 0 Å². The molecular weight excluding hydrogens is 188 g/mol. The number of aliphatic hydroxyl groups is 1. The Bertz CT molecular complexity index is 270. The number of hydrogen-bond donors (Lipinski definition) is 1. The molecule has 0 aromatic carbocycles. The van der Waals surface area contributed by atoms with Crippen LogP contribution in [0.3, 0.4) is 0 Å². The summed E-state index contributed by atoms with van der Waals surface area (Å²) < 4.78 is 1.95. The van der Waals surface area contributed by atoms with Crippen LogP contribution in [0, 0.1) is 5.92 Å². The lowest BCUT2D eigenvalue weighted by atomic mass is 9.99. The van der Waals surface area contributed by atoms with Crippen LogP contribution in [-0.2, 0) is 13.2 Å². The lowest BCUT2D eigenvalue weighted by molar-refractivity contribution is 0.281. The second-order valence-corrected chi connectivity index (χ2v) is 4.15. The Labute approximate surface area is 92.1 Å². The first-order valence-corrected chi connectivity index (χ1v) is 5.92. The molecule has 3 heteroatoms. The van der Waals surface area contributed by atoms with E-state index in [1.54, 1.807) is 6.20 Å². The van der Waals surface area contributed by atoms with Crippen molar-refractivity contribution < 1.29 is 5.11 Å². The van der Waals surface area contributed by atoms with Gasteiger partial charge in [-0.05, 0) is 12.3 Å². The number of hydrogen-bond acceptors (Lipinski definition) is 2. The maximum absolute atomic E-state index is 8.93. The molecule has 1 heterocycles. The molecule has 1 N–H and O–H groups in total. The van der Waals surface area contributed by atoms with Gasteiger partial charge in [0.15, 0.2) is 0 Å². The summed E-state index contributed by atoms with van der Waals surface area (Å²) in [5.41, 5.74) is 0.903. The Balaban J connectivity index is 2.43. The van der Waals surface area contributed by atoms with Crippen molar-refractivity contribution in [3.05, 3.63) is 18.0 Å². The largest absolute Gasteiger partial charge is 0.392 e. The van der Waals surface area contributed by atoms with Crippen LogP contribution in [0.2, 0.25) is 0 Å². The molecule has 0 aliphatic rings.